The van der Waals surface area contributed by atoms with E-state index in [4.69, 9.17) is 5.11 Å². The number of rotatable bonds is 4. The first-order chi connectivity index (χ1) is 10.6. The quantitative estimate of drug-likeness (QED) is 0.848. The molecule has 1 aromatic rings. The number of nitrogens with zero attached hydrogens (tertiary/aromatic N) is 3. The van der Waals surface area contributed by atoms with Crippen LogP contribution < -0.4 is 0 Å². The number of carbonyl (C=O) groups is 2. The van der Waals surface area contributed by atoms with E-state index >= 15 is 0 Å². The number of aryl methyl sites for hydroxylation is 1. The summed E-state index contributed by atoms with van der Waals surface area (Å²) in [5, 5.41) is 12.3. The zero-order valence-corrected chi connectivity index (χ0v) is 12.2. The van der Waals surface area contributed by atoms with E-state index < -0.39 is 36.7 Å². The maximum absolute atomic E-state index is 13.5. The SMILES string of the molecule is Cc1nn(CC(F)(F)F)cc1C(=O)N1CCC(C(F)C(=O)O)C1. The summed E-state index contributed by atoms with van der Waals surface area (Å²) in [6, 6.07) is 0. The van der Waals surface area contributed by atoms with Gasteiger partial charge in [-0.3, -0.25) is 9.48 Å². The van der Waals surface area contributed by atoms with Crippen molar-refractivity contribution in [3.05, 3.63) is 17.5 Å². The first-order valence-corrected chi connectivity index (χ1v) is 6.85. The van der Waals surface area contributed by atoms with E-state index in [-0.39, 0.29) is 30.8 Å². The third-order valence-corrected chi connectivity index (χ3v) is 3.68. The summed E-state index contributed by atoms with van der Waals surface area (Å²) in [6.07, 6.45) is -5.33. The third-order valence-electron chi connectivity index (χ3n) is 3.68. The van der Waals surface area contributed by atoms with Crippen LogP contribution in [0, 0.1) is 12.8 Å². The predicted molar refractivity (Wildman–Crippen MR) is 69.6 cm³/mol. The topological polar surface area (TPSA) is 75.4 Å². The molecular weight excluding hydrogens is 322 g/mol. The zero-order chi connectivity index (χ0) is 17.4. The van der Waals surface area contributed by atoms with Gasteiger partial charge in [-0.2, -0.15) is 18.3 Å². The summed E-state index contributed by atoms with van der Waals surface area (Å²) in [4.78, 5) is 24.2. The van der Waals surface area contributed by atoms with E-state index in [9.17, 15) is 27.2 Å². The van der Waals surface area contributed by atoms with Crippen molar-refractivity contribution in [2.75, 3.05) is 13.1 Å². The highest BCUT2D eigenvalue weighted by Crippen LogP contribution is 2.25. The minimum atomic E-state index is -4.46. The molecule has 0 saturated carbocycles. The molecule has 128 valence electrons. The fraction of sp³-hybridized carbons (Fsp3) is 0.615. The van der Waals surface area contributed by atoms with Crippen LogP contribution in [0.1, 0.15) is 22.5 Å². The second kappa shape index (κ2) is 6.17. The minimum absolute atomic E-state index is 0.000586. The van der Waals surface area contributed by atoms with Gasteiger partial charge < -0.3 is 10.0 Å². The summed E-state index contributed by atoms with van der Waals surface area (Å²) in [5.41, 5.74) is 0.137. The Kier molecular flexibility index (Phi) is 4.62. The molecule has 1 fully saturated rings. The molecule has 1 aromatic heterocycles. The number of alkyl halides is 4. The number of carbonyl (C=O) groups excluding carboxylic acids is 1. The van der Waals surface area contributed by atoms with Crippen LogP contribution in [0.3, 0.4) is 0 Å². The number of carboxylic acid groups (broad SMARTS) is 1. The van der Waals surface area contributed by atoms with Crippen molar-refractivity contribution in [1.29, 1.82) is 0 Å². The highest BCUT2D eigenvalue weighted by atomic mass is 19.4. The van der Waals surface area contributed by atoms with Crippen LogP contribution >= 0.6 is 0 Å². The monoisotopic (exact) mass is 337 g/mol. The summed E-state index contributed by atoms with van der Waals surface area (Å²) in [6.45, 7) is 0.162. The van der Waals surface area contributed by atoms with Crippen LogP contribution in [-0.4, -0.2) is 57.1 Å². The van der Waals surface area contributed by atoms with Crippen LogP contribution in [0.2, 0.25) is 0 Å². The molecule has 10 heteroatoms. The smallest absolute Gasteiger partial charge is 0.408 e. The number of amides is 1. The standard InChI is InChI=1S/C13H15F4N3O3/c1-7-9(5-20(18-7)6-13(15,16)17)11(21)19-3-2-8(4-19)10(14)12(22)23/h5,8,10H,2-4,6H2,1H3,(H,22,23). The van der Waals surface area contributed by atoms with Crippen molar-refractivity contribution >= 4 is 11.9 Å². The molecule has 1 aliphatic rings. The summed E-state index contributed by atoms with van der Waals surface area (Å²) in [5.74, 6) is -2.98. The van der Waals surface area contributed by atoms with Crippen LogP contribution in [0.25, 0.3) is 0 Å². The van der Waals surface area contributed by atoms with Gasteiger partial charge >= 0.3 is 12.1 Å². The Morgan fingerprint density at radius 3 is 2.70 bits per heavy atom. The molecule has 1 saturated heterocycles. The molecule has 2 atom stereocenters. The Hall–Kier alpha value is -2.13. The fourth-order valence-electron chi connectivity index (χ4n) is 2.58. The average Bonchev–Trinajstić information content (AvgIpc) is 3.02. The molecule has 23 heavy (non-hydrogen) atoms. The van der Waals surface area contributed by atoms with E-state index in [1.54, 1.807) is 0 Å². The van der Waals surface area contributed by atoms with E-state index in [0.29, 0.717) is 4.68 Å². The number of hydrogen-bond donors (Lipinski definition) is 1. The van der Waals surface area contributed by atoms with Crippen LogP contribution in [0.4, 0.5) is 17.6 Å². The van der Waals surface area contributed by atoms with Gasteiger partial charge in [-0.1, -0.05) is 0 Å². The van der Waals surface area contributed by atoms with E-state index in [0.717, 1.165) is 6.20 Å². The molecule has 1 amide bonds. The van der Waals surface area contributed by atoms with E-state index in [1.165, 1.54) is 11.8 Å². The molecule has 0 spiro atoms. The third kappa shape index (κ3) is 3.99. The van der Waals surface area contributed by atoms with Crippen molar-refractivity contribution in [3.8, 4) is 0 Å². The summed E-state index contributed by atoms with van der Waals surface area (Å²) < 4.78 is 51.1. The largest absolute Gasteiger partial charge is 0.479 e. The van der Waals surface area contributed by atoms with Crippen molar-refractivity contribution in [2.24, 2.45) is 5.92 Å². The number of halogens is 4. The fourth-order valence-corrected chi connectivity index (χ4v) is 2.58. The molecule has 2 unspecified atom stereocenters. The zero-order valence-electron chi connectivity index (χ0n) is 12.2. The van der Waals surface area contributed by atoms with Gasteiger partial charge in [-0.15, -0.1) is 0 Å². The van der Waals surface area contributed by atoms with Gasteiger partial charge in [0.2, 0.25) is 6.17 Å². The Morgan fingerprint density at radius 2 is 2.13 bits per heavy atom. The second-order valence-corrected chi connectivity index (χ2v) is 5.48. The lowest BCUT2D eigenvalue weighted by Crippen LogP contribution is -2.32. The van der Waals surface area contributed by atoms with Crippen LogP contribution in [-0.2, 0) is 11.3 Å². The van der Waals surface area contributed by atoms with Crippen molar-refractivity contribution in [2.45, 2.75) is 32.2 Å². The summed E-state index contributed by atoms with van der Waals surface area (Å²) in [7, 11) is 0. The molecular formula is C13H15F4N3O3. The molecule has 0 aromatic carbocycles. The number of carboxylic acids is 1. The van der Waals surface area contributed by atoms with Gasteiger partial charge in [-0.25, -0.2) is 9.18 Å². The predicted octanol–water partition coefficient (Wildman–Crippen LogP) is 1.64. The Labute approximate surface area is 128 Å². The van der Waals surface area contributed by atoms with Gasteiger partial charge in [-0.05, 0) is 13.3 Å². The molecule has 0 radical (unpaired) electrons. The highest BCUT2D eigenvalue weighted by molar-refractivity contribution is 5.95. The molecule has 0 bridgehead atoms. The number of aromatic nitrogens is 2. The lowest BCUT2D eigenvalue weighted by molar-refractivity contribution is -0.145. The van der Waals surface area contributed by atoms with Gasteiger partial charge in [0.15, 0.2) is 0 Å². The number of aliphatic carboxylic acids is 1. The Bertz CT molecular complexity index is 614. The van der Waals surface area contributed by atoms with Gasteiger partial charge in [0.1, 0.15) is 6.54 Å². The van der Waals surface area contributed by atoms with Gasteiger partial charge in [0.25, 0.3) is 5.91 Å². The van der Waals surface area contributed by atoms with E-state index in [1.807, 2.05) is 0 Å². The van der Waals surface area contributed by atoms with Crippen molar-refractivity contribution in [3.63, 3.8) is 0 Å². The number of hydrogen-bond acceptors (Lipinski definition) is 3. The molecule has 2 heterocycles. The maximum atomic E-state index is 13.5. The molecule has 0 aliphatic carbocycles. The van der Waals surface area contributed by atoms with Gasteiger partial charge in [0.05, 0.1) is 11.3 Å². The highest BCUT2D eigenvalue weighted by Gasteiger charge is 2.37. The minimum Gasteiger partial charge on any atom is -0.479 e. The van der Waals surface area contributed by atoms with Gasteiger partial charge in [0, 0.05) is 25.2 Å². The Balaban J connectivity index is 2.08. The molecule has 1 aliphatic heterocycles. The second-order valence-electron chi connectivity index (χ2n) is 5.48. The first-order valence-electron chi connectivity index (χ1n) is 6.85. The average molecular weight is 337 g/mol. The van der Waals surface area contributed by atoms with Crippen LogP contribution in [0.15, 0.2) is 6.20 Å². The maximum Gasteiger partial charge on any atom is 0.408 e. The molecule has 6 nitrogen and oxygen atoms in total. The lowest BCUT2D eigenvalue weighted by Gasteiger charge is -2.16. The normalized spacial score (nSPS) is 19.9. The molecule has 2 rings (SSSR count). The lowest BCUT2D eigenvalue weighted by atomic mass is 10.0. The van der Waals surface area contributed by atoms with E-state index in [2.05, 4.69) is 5.10 Å². The van der Waals surface area contributed by atoms with Crippen molar-refractivity contribution < 1.29 is 32.3 Å². The molecule has 1 N–H and O–H groups in total. The first kappa shape index (κ1) is 17.2. The Morgan fingerprint density at radius 1 is 1.48 bits per heavy atom. The number of likely N-dealkylation sites (tertiary alicyclic amines) is 1. The van der Waals surface area contributed by atoms with Crippen LogP contribution in [0.5, 0.6) is 0 Å². The van der Waals surface area contributed by atoms with Crippen molar-refractivity contribution in [1.82, 2.24) is 14.7 Å². The summed E-state index contributed by atoms with van der Waals surface area (Å²) >= 11 is 0.